The van der Waals surface area contributed by atoms with E-state index < -0.39 is 0 Å². The van der Waals surface area contributed by atoms with Crippen LogP contribution in [0, 0.1) is 0 Å². The number of hydrogen-bond donors (Lipinski definition) is 2. The minimum absolute atomic E-state index is 0.549. The first-order chi connectivity index (χ1) is 11.5. The van der Waals surface area contributed by atoms with Gasteiger partial charge in [0.05, 0.1) is 17.2 Å². The Balaban J connectivity index is 2.44. The molecule has 1 aromatic rings. The number of aliphatic imine (C=N–C) groups is 1. The lowest BCUT2D eigenvalue weighted by atomic mass is 10.2. The molecule has 0 aliphatic heterocycles. The van der Waals surface area contributed by atoms with Crippen molar-refractivity contribution in [3.05, 3.63) is 16.1 Å². The van der Waals surface area contributed by atoms with Crippen molar-refractivity contribution in [1.29, 1.82) is 0 Å². The predicted molar refractivity (Wildman–Crippen MR) is 106 cm³/mol. The Hall–Kier alpha value is -1.14. The van der Waals surface area contributed by atoms with Crippen molar-refractivity contribution in [3.8, 4) is 0 Å². The maximum Gasteiger partial charge on any atom is 0.191 e. The summed E-state index contributed by atoms with van der Waals surface area (Å²) in [4.78, 5) is 11.8. The SMILES string of the molecule is CCNC(=NCCN(C(C)C)C(C)C)NCCc1csc(CC)n1. The Morgan fingerprint density at radius 1 is 1.21 bits per heavy atom. The minimum atomic E-state index is 0.549. The number of aryl methyl sites for hydroxylation is 1. The molecule has 0 aliphatic carbocycles. The fourth-order valence-electron chi connectivity index (χ4n) is 2.67. The molecule has 0 radical (unpaired) electrons. The Kier molecular flexibility index (Phi) is 9.95. The highest BCUT2D eigenvalue weighted by atomic mass is 32.1. The van der Waals surface area contributed by atoms with Crippen molar-refractivity contribution >= 4 is 17.3 Å². The number of thiazole rings is 1. The van der Waals surface area contributed by atoms with Crippen LogP contribution < -0.4 is 10.6 Å². The zero-order chi connectivity index (χ0) is 17.9. The van der Waals surface area contributed by atoms with Gasteiger partial charge in [-0.25, -0.2) is 4.98 Å². The van der Waals surface area contributed by atoms with Gasteiger partial charge in [-0.05, 0) is 41.0 Å². The molecular weight excluding hydrogens is 318 g/mol. The second-order valence-electron chi connectivity index (χ2n) is 6.45. The van der Waals surface area contributed by atoms with E-state index in [9.17, 15) is 0 Å². The molecule has 0 aliphatic rings. The number of guanidine groups is 1. The number of hydrogen-bond acceptors (Lipinski definition) is 4. The normalized spacial score (nSPS) is 12.5. The average Bonchev–Trinajstić information content (AvgIpc) is 2.98. The van der Waals surface area contributed by atoms with Crippen LogP contribution in [0.1, 0.15) is 52.2 Å². The molecule has 0 saturated heterocycles. The van der Waals surface area contributed by atoms with Crippen molar-refractivity contribution in [2.45, 2.75) is 66.5 Å². The summed E-state index contributed by atoms with van der Waals surface area (Å²) in [5, 5.41) is 10.1. The topological polar surface area (TPSA) is 52.6 Å². The summed E-state index contributed by atoms with van der Waals surface area (Å²) in [7, 11) is 0. The van der Waals surface area contributed by atoms with E-state index in [2.05, 4.69) is 67.4 Å². The van der Waals surface area contributed by atoms with E-state index in [1.807, 2.05) is 0 Å². The molecule has 5 nitrogen and oxygen atoms in total. The van der Waals surface area contributed by atoms with Crippen molar-refractivity contribution in [1.82, 2.24) is 20.5 Å². The second-order valence-corrected chi connectivity index (χ2v) is 7.39. The van der Waals surface area contributed by atoms with Crippen molar-refractivity contribution in [2.75, 3.05) is 26.2 Å². The Bertz CT molecular complexity index is 474. The van der Waals surface area contributed by atoms with Gasteiger partial charge >= 0.3 is 0 Å². The lowest BCUT2D eigenvalue weighted by Crippen LogP contribution is -2.41. The molecular formula is C18H35N5S. The molecule has 0 amide bonds. The van der Waals surface area contributed by atoms with Gasteiger partial charge < -0.3 is 10.6 Å². The van der Waals surface area contributed by atoms with Gasteiger partial charge in [-0.3, -0.25) is 9.89 Å². The van der Waals surface area contributed by atoms with Gasteiger partial charge in [0.15, 0.2) is 5.96 Å². The van der Waals surface area contributed by atoms with Crippen molar-refractivity contribution < 1.29 is 0 Å². The first-order valence-corrected chi connectivity index (χ1v) is 10.1. The third kappa shape index (κ3) is 7.62. The number of rotatable bonds is 10. The van der Waals surface area contributed by atoms with Crippen molar-refractivity contribution in [2.24, 2.45) is 4.99 Å². The zero-order valence-electron chi connectivity index (χ0n) is 16.2. The van der Waals surface area contributed by atoms with Crippen LogP contribution in [0.2, 0.25) is 0 Å². The first-order valence-electron chi connectivity index (χ1n) is 9.19. The molecule has 1 aromatic heterocycles. The number of nitrogens with zero attached hydrogens (tertiary/aromatic N) is 3. The standard InChI is InChI=1S/C18H35N5S/c1-7-17-22-16(13-24-17)9-10-20-18(19-8-2)21-11-12-23(14(3)4)15(5)6/h13-15H,7-12H2,1-6H3,(H2,19,20,21). The summed E-state index contributed by atoms with van der Waals surface area (Å²) >= 11 is 1.75. The highest BCUT2D eigenvalue weighted by Gasteiger charge is 2.12. The number of aromatic nitrogens is 1. The van der Waals surface area contributed by atoms with E-state index in [4.69, 9.17) is 4.99 Å². The molecule has 0 aromatic carbocycles. The molecule has 6 heteroatoms. The van der Waals surface area contributed by atoms with Crippen molar-refractivity contribution in [3.63, 3.8) is 0 Å². The summed E-state index contributed by atoms with van der Waals surface area (Å²) in [5.74, 6) is 0.899. The predicted octanol–water partition coefficient (Wildman–Crippen LogP) is 2.92. The maximum atomic E-state index is 4.71. The monoisotopic (exact) mass is 353 g/mol. The third-order valence-corrected chi connectivity index (χ3v) is 4.92. The quantitative estimate of drug-likeness (QED) is 0.502. The maximum absolute atomic E-state index is 4.71. The summed E-state index contributed by atoms with van der Waals surface area (Å²) in [5.41, 5.74) is 1.17. The average molecular weight is 354 g/mol. The summed E-state index contributed by atoms with van der Waals surface area (Å²) in [6, 6.07) is 1.10. The molecule has 138 valence electrons. The summed E-state index contributed by atoms with van der Waals surface area (Å²) in [6.45, 7) is 16.7. The molecule has 0 unspecified atom stereocenters. The molecule has 0 fully saturated rings. The van der Waals surface area contributed by atoms with Crippen LogP contribution in [-0.4, -0.2) is 54.1 Å². The smallest absolute Gasteiger partial charge is 0.191 e. The molecule has 1 heterocycles. The Labute approximate surface area is 152 Å². The molecule has 1 rings (SSSR count). The molecule has 2 N–H and O–H groups in total. The molecule has 0 atom stereocenters. The van der Waals surface area contributed by atoms with Crippen LogP contribution in [0.3, 0.4) is 0 Å². The fourth-order valence-corrected chi connectivity index (χ4v) is 3.45. The molecule has 24 heavy (non-hydrogen) atoms. The molecule has 0 saturated carbocycles. The van der Waals surface area contributed by atoms with Gasteiger partial charge in [0.1, 0.15) is 0 Å². The molecule has 0 spiro atoms. The van der Waals surface area contributed by atoms with Crippen LogP contribution in [0.15, 0.2) is 10.4 Å². The Morgan fingerprint density at radius 2 is 1.92 bits per heavy atom. The summed E-state index contributed by atoms with van der Waals surface area (Å²) in [6.07, 6.45) is 1.95. The van der Waals surface area contributed by atoms with Crippen LogP contribution in [0.25, 0.3) is 0 Å². The van der Waals surface area contributed by atoms with Crippen LogP contribution >= 0.6 is 11.3 Å². The van der Waals surface area contributed by atoms with Gasteiger partial charge in [0, 0.05) is 43.5 Å². The molecule has 0 bridgehead atoms. The fraction of sp³-hybridized carbons (Fsp3) is 0.778. The van der Waals surface area contributed by atoms with E-state index >= 15 is 0 Å². The first kappa shape index (κ1) is 20.9. The van der Waals surface area contributed by atoms with Gasteiger partial charge in [-0.2, -0.15) is 0 Å². The highest BCUT2D eigenvalue weighted by Crippen LogP contribution is 2.10. The van der Waals surface area contributed by atoms with Crippen LogP contribution in [0.5, 0.6) is 0 Å². The summed E-state index contributed by atoms with van der Waals surface area (Å²) < 4.78 is 0. The van der Waals surface area contributed by atoms with Gasteiger partial charge in [0.2, 0.25) is 0 Å². The lowest BCUT2D eigenvalue weighted by molar-refractivity contribution is 0.181. The van der Waals surface area contributed by atoms with Gasteiger partial charge in [-0.15, -0.1) is 11.3 Å². The highest BCUT2D eigenvalue weighted by molar-refractivity contribution is 7.09. The minimum Gasteiger partial charge on any atom is -0.357 e. The number of nitrogens with one attached hydrogen (secondary N) is 2. The Morgan fingerprint density at radius 3 is 2.46 bits per heavy atom. The zero-order valence-corrected chi connectivity index (χ0v) is 17.0. The third-order valence-electron chi connectivity index (χ3n) is 3.87. The van der Waals surface area contributed by atoms with E-state index in [0.717, 1.165) is 45.0 Å². The van der Waals surface area contributed by atoms with E-state index in [1.165, 1.54) is 10.7 Å². The van der Waals surface area contributed by atoms with E-state index in [1.54, 1.807) is 11.3 Å². The van der Waals surface area contributed by atoms with Crippen LogP contribution in [0.4, 0.5) is 0 Å². The van der Waals surface area contributed by atoms with E-state index in [-0.39, 0.29) is 0 Å². The lowest BCUT2D eigenvalue weighted by Gasteiger charge is -2.29. The largest absolute Gasteiger partial charge is 0.357 e. The van der Waals surface area contributed by atoms with Gasteiger partial charge in [-0.1, -0.05) is 6.92 Å². The van der Waals surface area contributed by atoms with E-state index in [0.29, 0.717) is 12.1 Å². The van der Waals surface area contributed by atoms with Crippen LogP contribution in [-0.2, 0) is 12.8 Å². The van der Waals surface area contributed by atoms with Gasteiger partial charge in [0.25, 0.3) is 0 Å². The second kappa shape index (κ2) is 11.4.